The van der Waals surface area contributed by atoms with Gasteiger partial charge in [-0.25, -0.2) is 4.79 Å². The number of hydrogen-bond acceptors (Lipinski definition) is 4. The van der Waals surface area contributed by atoms with Gasteiger partial charge in [-0.2, -0.15) is 0 Å². The summed E-state index contributed by atoms with van der Waals surface area (Å²) in [6.45, 7) is 6.79. The van der Waals surface area contributed by atoms with Gasteiger partial charge in [-0.05, 0) is 40.0 Å². The Morgan fingerprint density at radius 3 is 2.70 bits per heavy atom. The molecule has 1 spiro atoms. The number of rotatable bonds is 1. The highest BCUT2D eigenvalue weighted by atomic mass is 16.6. The van der Waals surface area contributed by atoms with Crippen LogP contribution in [0.15, 0.2) is 0 Å². The highest BCUT2D eigenvalue weighted by molar-refractivity contribution is 5.73. The lowest BCUT2D eigenvalue weighted by molar-refractivity contribution is -0.152. The van der Waals surface area contributed by atoms with Gasteiger partial charge in [0.2, 0.25) is 0 Å². The second-order valence-electron chi connectivity index (χ2n) is 6.60. The third kappa shape index (κ3) is 3.06. The van der Waals surface area contributed by atoms with E-state index in [0.717, 1.165) is 6.42 Å². The Bertz CT molecular complexity index is 403. The molecule has 2 aliphatic rings. The summed E-state index contributed by atoms with van der Waals surface area (Å²) in [6, 6.07) is 0. The molecule has 2 saturated heterocycles. The Morgan fingerprint density at radius 2 is 2.10 bits per heavy atom. The van der Waals surface area contributed by atoms with Crippen molar-refractivity contribution in [1.29, 1.82) is 0 Å². The van der Waals surface area contributed by atoms with Gasteiger partial charge in [-0.3, -0.25) is 4.79 Å². The van der Waals surface area contributed by atoms with E-state index in [1.54, 1.807) is 4.90 Å². The lowest BCUT2D eigenvalue weighted by Crippen LogP contribution is -2.55. The van der Waals surface area contributed by atoms with Crippen molar-refractivity contribution in [3.63, 3.8) is 0 Å². The van der Waals surface area contributed by atoms with Crippen LogP contribution in [0.2, 0.25) is 0 Å². The minimum Gasteiger partial charge on any atom is -0.481 e. The second kappa shape index (κ2) is 5.24. The summed E-state index contributed by atoms with van der Waals surface area (Å²) in [7, 11) is 0. The average Bonchev–Trinajstić information content (AvgIpc) is 2.70. The maximum absolute atomic E-state index is 12.1. The zero-order valence-electron chi connectivity index (χ0n) is 12.3. The van der Waals surface area contributed by atoms with Gasteiger partial charge in [0, 0.05) is 13.2 Å². The summed E-state index contributed by atoms with van der Waals surface area (Å²) in [5.41, 5.74) is -1.29. The predicted octanol–water partition coefficient (Wildman–Crippen LogP) is 1.88. The van der Waals surface area contributed by atoms with E-state index in [4.69, 9.17) is 9.47 Å². The third-order valence-corrected chi connectivity index (χ3v) is 3.87. The fourth-order valence-electron chi connectivity index (χ4n) is 3.03. The quantitative estimate of drug-likeness (QED) is 0.796. The van der Waals surface area contributed by atoms with Gasteiger partial charge < -0.3 is 19.5 Å². The molecule has 0 aromatic carbocycles. The van der Waals surface area contributed by atoms with Crippen molar-refractivity contribution in [3.8, 4) is 0 Å². The van der Waals surface area contributed by atoms with Crippen LogP contribution in [0, 0.1) is 5.92 Å². The highest BCUT2D eigenvalue weighted by Crippen LogP contribution is 2.39. The Kier molecular flexibility index (Phi) is 3.95. The van der Waals surface area contributed by atoms with E-state index in [1.807, 2.05) is 20.8 Å². The summed E-state index contributed by atoms with van der Waals surface area (Å²) < 4.78 is 11.1. The number of carbonyl (C=O) groups excluding carboxylic acids is 1. The molecule has 0 bridgehead atoms. The van der Waals surface area contributed by atoms with Gasteiger partial charge in [-0.15, -0.1) is 0 Å². The van der Waals surface area contributed by atoms with Crippen LogP contribution >= 0.6 is 0 Å². The van der Waals surface area contributed by atoms with Gasteiger partial charge in [0.15, 0.2) is 0 Å². The summed E-state index contributed by atoms with van der Waals surface area (Å²) >= 11 is 0. The molecule has 0 radical (unpaired) electrons. The number of carboxylic acids is 1. The highest BCUT2D eigenvalue weighted by Gasteiger charge is 2.51. The third-order valence-electron chi connectivity index (χ3n) is 3.87. The van der Waals surface area contributed by atoms with Crippen LogP contribution in [0.1, 0.15) is 40.0 Å². The molecule has 0 saturated carbocycles. The minimum absolute atomic E-state index is 0.304. The van der Waals surface area contributed by atoms with Crippen molar-refractivity contribution in [1.82, 2.24) is 4.90 Å². The molecule has 0 aromatic heterocycles. The van der Waals surface area contributed by atoms with E-state index in [0.29, 0.717) is 32.5 Å². The van der Waals surface area contributed by atoms with Gasteiger partial charge in [0.25, 0.3) is 0 Å². The minimum atomic E-state index is -0.839. The molecule has 0 aromatic rings. The molecule has 6 heteroatoms. The maximum atomic E-state index is 12.1. The van der Waals surface area contributed by atoms with Gasteiger partial charge >= 0.3 is 12.1 Å². The molecule has 2 unspecified atom stereocenters. The molecule has 1 amide bonds. The van der Waals surface area contributed by atoms with Crippen LogP contribution in [0.5, 0.6) is 0 Å². The summed E-state index contributed by atoms with van der Waals surface area (Å²) in [6.07, 6.45) is 1.54. The molecule has 2 atom stereocenters. The molecule has 20 heavy (non-hydrogen) atoms. The second-order valence-corrected chi connectivity index (χ2v) is 6.60. The predicted molar refractivity (Wildman–Crippen MR) is 71.5 cm³/mol. The van der Waals surface area contributed by atoms with Gasteiger partial charge in [-0.1, -0.05) is 0 Å². The number of carboxylic acid groups (broad SMARTS) is 1. The summed E-state index contributed by atoms with van der Waals surface area (Å²) in [5, 5.41) is 9.33. The van der Waals surface area contributed by atoms with Crippen molar-refractivity contribution >= 4 is 12.1 Å². The number of hydrogen-bond donors (Lipinski definition) is 1. The number of piperidine rings is 1. The Morgan fingerprint density at radius 1 is 1.40 bits per heavy atom. The van der Waals surface area contributed by atoms with Crippen LogP contribution in [0.25, 0.3) is 0 Å². The van der Waals surface area contributed by atoms with E-state index < -0.39 is 29.2 Å². The number of aliphatic carboxylic acids is 1. The Labute approximate surface area is 119 Å². The summed E-state index contributed by atoms with van der Waals surface area (Å²) in [4.78, 5) is 25.1. The zero-order valence-corrected chi connectivity index (χ0v) is 12.3. The van der Waals surface area contributed by atoms with Crippen molar-refractivity contribution in [2.45, 2.75) is 51.2 Å². The molecular formula is C14H23NO5. The smallest absolute Gasteiger partial charge is 0.410 e. The first-order valence-electron chi connectivity index (χ1n) is 7.08. The number of amides is 1. The molecule has 114 valence electrons. The van der Waals surface area contributed by atoms with Crippen molar-refractivity contribution in [3.05, 3.63) is 0 Å². The Balaban J connectivity index is 2.08. The average molecular weight is 285 g/mol. The van der Waals surface area contributed by atoms with Crippen molar-refractivity contribution in [2.75, 3.05) is 19.7 Å². The fraction of sp³-hybridized carbons (Fsp3) is 0.857. The number of carbonyl (C=O) groups is 2. The summed E-state index contributed by atoms with van der Waals surface area (Å²) in [5.74, 6) is -1.37. The first-order chi connectivity index (χ1) is 9.23. The first-order valence-corrected chi connectivity index (χ1v) is 7.08. The van der Waals surface area contributed by atoms with E-state index in [1.165, 1.54) is 0 Å². The van der Waals surface area contributed by atoms with Crippen LogP contribution in [-0.2, 0) is 14.3 Å². The van der Waals surface area contributed by atoms with Crippen LogP contribution in [-0.4, -0.2) is 53.0 Å². The molecule has 6 nitrogen and oxygen atoms in total. The number of ether oxygens (including phenoxy) is 2. The molecule has 1 N–H and O–H groups in total. The van der Waals surface area contributed by atoms with E-state index in [9.17, 15) is 14.7 Å². The monoisotopic (exact) mass is 285 g/mol. The van der Waals surface area contributed by atoms with E-state index in [-0.39, 0.29) is 0 Å². The molecule has 2 aliphatic heterocycles. The fourth-order valence-corrected chi connectivity index (χ4v) is 3.03. The molecular weight excluding hydrogens is 262 g/mol. The van der Waals surface area contributed by atoms with E-state index in [2.05, 4.69) is 0 Å². The SMILES string of the molecule is CC(C)(C)OC(=O)N1CCCC2(C1)OCCC2C(=O)O. The standard InChI is InChI=1S/C14H23NO5/c1-13(2,3)20-12(18)15-7-4-6-14(9-15)10(11(16)17)5-8-19-14/h10H,4-9H2,1-3H3,(H,16,17). The topological polar surface area (TPSA) is 76.1 Å². The molecule has 2 heterocycles. The number of nitrogens with zero attached hydrogens (tertiary/aromatic N) is 1. The lowest BCUT2D eigenvalue weighted by atomic mass is 9.81. The Hall–Kier alpha value is -1.30. The number of likely N-dealkylation sites (tertiary alicyclic amines) is 1. The van der Waals surface area contributed by atoms with Gasteiger partial charge in [0.1, 0.15) is 5.60 Å². The van der Waals surface area contributed by atoms with Crippen LogP contribution < -0.4 is 0 Å². The van der Waals surface area contributed by atoms with E-state index >= 15 is 0 Å². The van der Waals surface area contributed by atoms with Crippen LogP contribution in [0.3, 0.4) is 0 Å². The van der Waals surface area contributed by atoms with Crippen LogP contribution in [0.4, 0.5) is 4.79 Å². The largest absolute Gasteiger partial charge is 0.481 e. The van der Waals surface area contributed by atoms with Gasteiger partial charge in [0.05, 0.1) is 18.1 Å². The molecule has 0 aliphatic carbocycles. The first kappa shape index (κ1) is 15.1. The van der Waals surface area contributed by atoms with Crippen molar-refractivity contribution < 1.29 is 24.2 Å². The lowest BCUT2D eigenvalue weighted by Gasteiger charge is -2.42. The normalized spacial score (nSPS) is 30.6. The molecule has 2 fully saturated rings. The maximum Gasteiger partial charge on any atom is 0.410 e. The molecule has 2 rings (SSSR count). The zero-order chi connectivity index (χ0) is 15.0. The van der Waals surface area contributed by atoms with Crippen molar-refractivity contribution in [2.24, 2.45) is 5.92 Å².